The highest BCUT2D eigenvalue weighted by molar-refractivity contribution is 9.10. The van der Waals surface area contributed by atoms with Crippen LogP contribution in [0.25, 0.3) is 0 Å². The van der Waals surface area contributed by atoms with Gasteiger partial charge in [0.2, 0.25) is 0 Å². The molecule has 1 aromatic carbocycles. The highest BCUT2D eigenvalue weighted by Crippen LogP contribution is 2.25. The Kier molecular flexibility index (Phi) is 6.89. The summed E-state index contributed by atoms with van der Waals surface area (Å²) in [6, 6.07) is 5.71. The van der Waals surface area contributed by atoms with Crippen LogP contribution in [0, 0.1) is 0 Å². The van der Waals surface area contributed by atoms with Crippen molar-refractivity contribution in [1.82, 2.24) is 0 Å². The zero-order valence-electron chi connectivity index (χ0n) is 10.0. The number of benzene rings is 1. The molecule has 0 fully saturated rings. The summed E-state index contributed by atoms with van der Waals surface area (Å²) in [4.78, 5) is 0. The summed E-state index contributed by atoms with van der Waals surface area (Å²) in [5.74, 6) is 0. The van der Waals surface area contributed by atoms with Crippen molar-refractivity contribution in [3.8, 4) is 0 Å². The van der Waals surface area contributed by atoms with E-state index in [1.165, 1.54) is 0 Å². The summed E-state index contributed by atoms with van der Waals surface area (Å²) in [6.07, 6.45) is -0.229. The molecule has 5 heteroatoms. The van der Waals surface area contributed by atoms with Crippen molar-refractivity contribution in [3.63, 3.8) is 0 Å². The van der Waals surface area contributed by atoms with Gasteiger partial charge in [-0.25, -0.2) is 0 Å². The Morgan fingerprint density at radius 3 is 2.47 bits per heavy atom. The molecule has 0 amide bonds. The largest absolute Gasteiger partial charge is 0.380 e. The second-order valence-corrected chi connectivity index (χ2v) is 4.61. The van der Waals surface area contributed by atoms with Crippen LogP contribution in [0.5, 0.6) is 0 Å². The standard InChI is InChI=1S/C12H17BrClNO2/c1-3-16-12(17-4-2)8-15-9-5-6-10(13)11(14)7-9/h5-7,12,15H,3-4,8H2,1-2H3. The van der Waals surface area contributed by atoms with E-state index in [4.69, 9.17) is 21.1 Å². The van der Waals surface area contributed by atoms with E-state index in [0.29, 0.717) is 24.8 Å². The average Bonchev–Trinajstić information content (AvgIpc) is 2.31. The Morgan fingerprint density at radius 2 is 1.94 bits per heavy atom. The van der Waals surface area contributed by atoms with Crippen molar-refractivity contribution in [2.45, 2.75) is 20.1 Å². The van der Waals surface area contributed by atoms with Crippen LogP contribution in [0.1, 0.15) is 13.8 Å². The quantitative estimate of drug-likeness (QED) is 0.772. The van der Waals surface area contributed by atoms with Gasteiger partial charge in [0, 0.05) is 23.4 Å². The zero-order chi connectivity index (χ0) is 12.7. The molecule has 0 aliphatic heterocycles. The Labute approximate surface area is 116 Å². The number of hydrogen-bond acceptors (Lipinski definition) is 3. The second kappa shape index (κ2) is 7.93. The molecule has 0 aliphatic carbocycles. The molecule has 0 radical (unpaired) electrons. The molecule has 0 saturated heterocycles. The van der Waals surface area contributed by atoms with Gasteiger partial charge in [0.15, 0.2) is 6.29 Å². The third-order valence-electron chi connectivity index (χ3n) is 2.10. The van der Waals surface area contributed by atoms with Gasteiger partial charge in [-0.05, 0) is 48.0 Å². The fraction of sp³-hybridized carbons (Fsp3) is 0.500. The number of hydrogen-bond donors (Lipinski definition) is 1. The highest BCUT2D eigenvalue weighted by Gasteiger charge is 2.07. The van der Waals surface area contributed by atoms with Gasteiger partial charge in [-0.1, -0.05) is 11.6 Å². The molecule has 96 valence electrons. The smallest absolute Gasteiger partial charge is 0.174 e. The highest BCUT2D eigenvalue weighted by atomic mass is 79.9. The van der Waals surface area contributed by atoms with Gasteiger partial charge in [0.25, 0.3) is 0 Å². The predicted molar refractivity (Wildman–Crippen MR) is 74.7 cm³/mol. The maximum Gasteiger partial charge on any atom is 0.174 e. The number of halogens is 2. The van der Waals surface area contributed by atoms with Crippen molar-refractivity contribution >= 4 is 33.2 Å². The van der Waals surface area contributed by atoms with E-state index in [0.717, 1.165) is 10.2 Å². The Morgan fingerprint density at radius 1 is 1.29 bits per heavy atom. The molecule has 0 saturated carbocycles. The molecule has 17 heavy (non-hydrogen) atoms. The van der Waals surface area contributed by atoms with Crippen molar-refractivity contribution in [3.05, 3.63) is 27.7 Å². The van der Waals surface area contributed by atoms with E-state index in [1.807, 2.05) is 32.0 Å². The van der Waals surface area contributed by atoms with Gasteiger partial charge in [0.1, 0.15) is 0 Å². The lowest BCUT2D eigenvalue weighted by Gasteiger charge is -2.18. The van der Waals surface area contributed by atoms with Crippen LogP contribution in [0.4, 0.5) is 5.69 Å². The molecule has 0 heterocycles. The molecular formula is C12H17BrClNO2. The maximum absolute atomic E-state index is 6.00. The molecule has 3 nitrogen and oxygen atoms in total. The Balaban J connectivity index is 2.49. The van der Waals surface area contributed by atoms with E-state index >= 15 is 0 Å². The molecule has 1 rings (SSSR count). The monoisotopic (exact) mass is 321 g/mol. The molecule has 0 unspecified atom stereocenters. The van der Waals surface area contributed by atoms with Crippen LogP contribution in [0.3, 0.4) is 0 Å². The first-order valence-corrected chi connectivity index (χ1v) is 6.76. The average molecular weight is 323 g/mol. The third kappa shape index (κ3) is 5.25. The van der Waals surface area contributed by atoms with Gasteiger partial charge < -0.3 is 14.8 Å². The summed E-state index contributed by atoms with van der Waals surface area (Å²) in [5.41, 5.74) is 0.947. The van der Waals surface area contributed by atoms with Crippen molar-refractivity contribution in [2.75, 3.05) is 25.1 Å². The van der Waals surface area contributed by atoms with Crippen molar-refractivity contribution < 1.29 is 9.47 Å². The van der Waals surface area contributed by atoms with E-state index in [-0.39, 0.29) is 6.29 Å². The third-order valence-corrected chi connectivity index (χ3v) is 3.33. The molecule has 1 aromatic rings. The lowest BCUT2D eigenvalue weighted by Crippen LogP contribution is -2.26. The predicted octanol–water partition coefficient (Wildman–Crippen LogP) is 3.91. The number of nitrogens with one attached hydrogen (secondary N) is 1. The lowest BCUT2D eigenvalue weighted by molar-refractivity contribution is -0.126. The molecule has 0 spiro atoms. The van der Waals surface area contributed by atoms with E-state index in [9.17, 15) is 0 Å². The van der Waals surface area contributed by atoms with Crippen LogP contribution in [0.15, 0.2) is 22.7 Å². The van der Waals surface area contributed by atoms with E-state index < -0.39 is 0 Å². The summed E-state index contributed by atoms with van der Waals surface area (Å²) in [7, 11) is 0. The molecule has 1 N–H and O–H groups in total. The van der Waals surface area contributed by atoms with Gasteiger partial charge in [0.05, 0.1) is 11.6 Å². The normalized spacial score (nSPS) is 10.9. The topological polar surface area (TPSA) is 30.5 Å². The second-order valence-electron chi connectivity index (χ2n) is 3.35. The first-order chi connectivity index (χ1) is 8.17. The SMILES string of the molecule is CCOC(CNc1ccc(Br)c(Cl)c1)OCC. The van der Waals surface area contributed by atoms with Crippen LogP contribution in [-0.2, 0) is 9.47 Å². The number of ether oxygens (including phenoxy) is 2. The van der Waals surface area contributed by atoms with E-state index in [1.54, 1.807) is 0 Å². The van der Waals surface area contributed by atoms with Crippen LogP contribution in [0.2, 0.25) is 5.02 Å². The summed E-state index contributed by atoms with van der Waals surface area (Å²) < 4.78 is 11.7. The van der Waals surface area contributed by atoms with Crippen molar-refractivity contribution in [2.24, 2.45) is 0 Å². The lowest BCUT2D eigenvalue weighted by atomic mass is 10.3. The van der Waals surface area contributed by atoms with Gasteiger partial charge in [-0.3, -0.25) is 0 Å². The molecular weight excluding hydrogens is 305 g/mol. The van der Waals surface area contributed by atoms with Gasteiger partial charge in [-0.2, -0.15) is 0 Å². The van der Waals surface area contributed by atoms with Gasteiger partial charge >= 0.3 is 0 Å². The minimum atomic E-state index is -0.229. The maximum atomic E-state index is 6.00. The summed E-state index contributed by atoms with van der Waals surface area (Å²) >= 11 is 9.35. The Hall–Kier alpha value is -0.290. The van der Waals surface area contributed by atoms with Crippen LogP contribution >= 0.6 is 27.5 Å². The Bertz CT molecular complexity index is 343. The molecule has 0 bridgehead atoms. The number of rotatable bonds is 7. The van der Waals surface area contributed by atoms with Crippen molar-refractivity contribution in [1.29, 1.82) is 0 Å². The minimum absolute atomic E-state index is 0.229. The minimum Gasteiger partial charge on any atom is -0.380 e. The molecule has 0 atom stereocenters. The zero-order valence-corrected chi connectivity index (χ0v) is 12.3. The first kappa shape index (κ1) is 14.8. The van der Waals surface area contributed by atoms with E-state index in [2.05, 4.69) is 21.2 Å². The fourth-order valence-electron chi connectivity index (χ4n) is 1.35. The summed E-state index contributed by atoms with van der Waals surface area (Å²) in [6.45, 7) is 5.76. The van der Waals surface area contributed by atoms with Crippen LogP contribution in [-0.4, -0.2) is 26.0 Å². The first-order valence-electron chi connectivity index (χ1n) is 5.59. The van der Waals surface area contributed by atoms with Crippen LogP contribution < -0.4 is 5.32 Å². The number of anilines is 1. The fourth-order valence-corrected chi connectivity index (χ4v) is 1.77. The molecule has 0 aliphatic rings. The summed E-state index contributed by atoms with van der Waals surface area (Å²) in [5, 5.41) is 3.91. The van der Waals surface area contributed by atoms with Gasteiger partial charge in [-0.15, -0.1) is 0 Å². The molecule has 0 aromatic heterocycles.